The minimum Gasteiger partial charge on any atom is -0.494 e. The summed E-state index contributed by atoms with van der Waals surface area (Å²) in [4.78, 5) is 41.8. The third-order valence-electron chi connectivity index (χ3n) is 7.62. The van der Waals surface area contributed by atoms with Crippen molar-refractivity contribution in [3.05, 3.63) is 126 Å². The second-order valence-corrected chi connectivity index (χ2v) is 12.1. The Kier molecular flexibility index (Phi) is 8.81. The van der Waals surface area contributed by atoms with E-state index in [2.05, 4.69) is 15.6 Å². The lowest BCUT2D eigenvalue weighted by Crippen LogP contribution is -2.20. The monoisotopic (exact) mass is 666 g/mol. The molecule has 4 N–H and O–H groups in total. The summed E-state index contributed by atoms with van der Waals surface area (Å²) in [5, 5.41) is 26.2. The number of aryl methyl sites for hydroxylation is 3. The number of rotatable bonds is 10. The zero-order chi connectivity index (χ0) is 33.9. The van der Waals surface area contributed by atoms with Crippen LogP contribution in [0.3, 0.4) is 0 Å². The Labute approximate surface area is 277 Å². The number of amides is 2. The van der Waals surface area contributed by atoms with Gasteiger partial charge < -0.3 is 29.8 Å². The lowest BCUT2D eigenvalue weighted by atomic mass is 10.1. The minimum absolute atomic E-state index is 0.0611. The minimum atomic E-state index is -0.500. The number of ether oxygens (including phenoxy) is 2. The van der Waals surface area contributed by atoms with Gasteiger partial charge in [0.25, 0.3) is 5.69 Å². The number of hydrogen-bond donors (Lipinski definition) is 4. The number of nitro benzene ring substituents is 1. The van der Waals surface area contributed by atoms with Gasteiger partial charge in [0, 0.05) is 43.0 Å². The number of non-ortho nitro benzene ring substituents is 1. The standard InChI is InChI=1S/C34H30N6O7S/c1-19-14-26(15-20(2)31(19)37-33(42)35-22-6-8-23(9-7-22)40(44)45)47-25-12-13-27-28(17-25)39(3)30(36-27)18-46-24-10-4-21(5-11-24)16-29-32(41)38-34(43)48-29/h4-15,17,41H,16,18H2,1-3H3,(H,38,43)(H2,35,37,42). The van der Waals surface area contributed by atoms with Crippen molar-refractivity contribution in [3.63, 3.8) is 0 Å². The molecule has 0 saturated carbocycles. The molecule has 6 aromatic rings. The van der Waals surface area contributed by atoms with E-state index in [4.69, 9.17) is 14.5 Å². The lowest BCUT2D eigenvalue weighted by molar-refractivity contribution is -0.384. The van der Waals surface area contributed by atoms with Gasteiger partial charge in [0.05, 0.1) is 20.8 Å². The second-order valence-electron chi connectivity index (χ2n) is 11.1. The number of aromatic hydroxyl groups is 1. The van der Waals surface area contributed by atoms with Crippen LogP contribution in [0.15, 0.2) is 83.7 Å². The van der Waals surface area contributed by atoms with E-state index >= 15 is 0 Å². The summed E-state index contributed by atoms with van der Waals surface area (Å²) in [6, 6.07) is 21.8. The van der Waals surface area contributed by atoms with Crippen molar-refractivity contribution in [1.29, 1.82) is 0 Å². The van der Waals surface area contributed by atoms with Gasteiger partial charge in [-0.1, -0.05) is 23.5 Å². The highest BCUT2D eigenvalue weighted by Gasteiger charge is 2.14. The molecule has 0 atom stereocenters. The van der Waals surface area contributed by atoms with Gasteiger partial charge in [-0.25, -0.2) is 9.78 Å². The van der Waals surface area contributed by atoms with Gasteiger partial charge in [-0.3, -0.25) is 19.9 Å². The zero-order valence-electron chi connectivity index (χ0n) is 26.1. The number of thiazole rings is 1. The Morgan fingerprint density at radius 1 is 0.979 bits per heavy atom. The van der Waals surface area contributed by atoms with E-state index in [0.717, 1.165) is 44.9 Å². The molecular formula is C34H30N6O7S. The average molecular weight is 667 g/mol. The highest BCUT2D eigenvalue weighted by Crippen LogP contribution is 2.32. The second kappa shape index (κ2) is 13.3. The van der Waals surface area contributed by atoms with E-state index in [1.54, 1.807) is 0 Å². The first kappa shape index (κ1) is 31.8. The molecule has 0 radical (unpaired) electrons. The van der Waals surface area contributed by atoms with Crippen molar-refractivity contribution in [2.24, 2.45) is 7.05 Å². The first-order chi connectivity index (χ1) is 23.0. The fraction of sp³-hybridized carbons (Fsp3) is 0.147. The maximum atomic E-state index is 12.6. The Hall–Kier alpha value is -6.15. The third kappa shape index (κ3) is 7.13. The fourth-order valence-corrected chi connectivity index (χ4v) is 5.94. The molecule has 13 nitrogen and oxygen atoms in total. The van der Waals surface area contributed by atoms with Crippen LogP contribution in [0.2, 0.25) is 0 Å². The summed E-state index contributed by atoms with van der Waals surface area (Å²) in [5.74, 6) is 2.50. The van der Waals surface area contributed by atoms with Crippen LogP contribution in [0.5, 0.6) is 23.1 Å². The summed E-state index contributed by atoms with van der Waals surface area (Å²) in [6.07, 6.45) is 0.439. The van der Waals surface area contributed by atoms with Crippen LogP contribution in [0.1, 0.15) is 27.4 Å². The van der Waals surface area contributed by atoms with E-state index in [1.807, 2.05) is 80.1 Å². The van der Waals surface area contributed by atoms with E-state index in [0.29, 0.717) is 39.9 Å². The molecule has 0 aliphatic carbocycles. The molecule has 4 aromatic carbocycles. The zero-order valence-corrected chi connectivity index (χ0v) is 26.9. The number of nitrogens with one attached hydrogen (secondary N) is 3. The van der Waals surface area contributed by atoms with Gasteiger partial charge in [-0.05, 0) is 79.1 Å². The number of benzene rings is 4. The maximum absolute atomic E-state index is 12.6. The van der Waals surface area contributed by atoms with E-state index < -0.39 is 11.0 Å². The van der Waals surface area contributed by atoms with Crippen LogP contribution in [0.4, 0.5) is 21.9 Å². The predicted molar refractivity (Wildman–Crippen MR) is 183 cm³/mol. The van der Waals surface area contributed by atoms with Crippen molar-refractivity contribution in [3.8, 4) is 23.1 Å². The summed E-state index contributed by atoms with van der Waals surface area (Å²) in [7, 11) is 1.91. The smallest absolute Gasteiger partial charge is 0.323 e. The molecule has 0 spiro atoms. The molecule has 2 aromatic heterocycles. The van der Waals surface area contributed by atoms with Crippen LogP contribution in [0, 0.1) is 24.0 Å². The number of anilines is 2. The number of carbonyl (C=O) groups is 1. The molecular weight excluding hydrogens is 636 g/mol. The summed E-state index contributed by atoms with van der Waals surface area (Å²) >= 11 is 0.988. The maximum Gasteiger partial charge on any atom is 0.323 e. The van der Waals surface area contributed by atoms with Crippen molar-refractivity contribution in [2.45, 2.75) is 26.9 Å². The number of hydrogen-bond acceptors (Lipinski definition) is 9. The van der Waals surface area contributed by atoms with Crippen molar-refractivity contribution < 1.29 is 24.3 Å². The van der Waals surface area contributed by atoms with Gasteiger partial charge in [-0.2, -0.15) is 0 Å². The number of imidazole rings is 1. The Bertz CT molecular complexity index is 2180. The normalized spacial score (nSPS) is 11.0. The average Bonchev–Trinajstić information content (AvgIpc) is 3.54. The molecule has 2 amide bonds. The van der Waals surface area contributed by atoms with E-state index in [-0.39, 0.29) is 23.0 Å². The quantitative estimate of drug-likeness (QED) is 0.0880. The van der Waals surface area contributed by atoms with Crippen LogP contribution in [-0.4, -0.2) is 30.6 Å². The van der Waals surface area contributed by atoms with Crippen molar-refractivity contribution in [1.82, 2.24) is 14.5 Å². The number of aromatic nitrogens is 3. The molecule has 0 saturated heterocycles. The predicted octanol–water partition coefficient (Wildman–Crippen LogP) is 7.16. The molecule has 244 valence electrons. The van der Waals surface area contributed by atoms with Gasteiger partial charge in [-0.15, -0.1) is 0 Å². The summed E-state index contributed by atoms with van der Waals surface area (Å²) in [6.45, 7) is 3.97. The van der Waals surface area contributed by atoms with E-state index in [9.17, 15) is 24.8 Å². The molecule has 48 heavy (non-hydrogen) atoms. The largest absolute Gasteiger partial charge is 0.494 e. The van der Waals surface area contributed by atoms with Gasteiger partial charge in [0.2, 0.25) is 5.88 Å². The highest BCUT2D eigenvalue weighted by molar-refractivity contribution is 7.09. The molecule has 0 unspecified atom stereocenters. The van der Waals surface area contributed by atoms with Gasteiger partial charge in [0.1, 0.15) is 29.7 Å². The van der Waals surface area contributed by atoms with Gasteiger partial charge >= 0.3 is 10.9 Å². The topological polar surface area (TPSA) is 174 Å². The Balaban J connectivity index is 1.08. The fourth-order valence-electron chi connectivity index (χ4n) is 5.18. The SMILES string of the molecule is Cc1cc(Oc2ccc3nc(COc4ccc(Cc5sc(=O)[nH]c5O)cc4)n(C)c3c2)cc(C)c1NC(=O)Nc1ccc([N+](=O)[O-])cc1. The van der Waals surface area contributed by atoms with Crippen LogP contribution in [-0.2, 0) is 20.1 Å². The molecule has 0 bridgehead atoms. The first-order valence-electron chi connectivity index (χ1n) is 14.7. The number of fused-ring (bicyclic) bond motifs is 1. The molecule has 6 rings (SSSR count). The number of H-pyrrole nitrogens is 1. The Morgan fingerprint density at radius 2 is 1.67 bits per heavy atom. The number of carbonyl (C=O) groups excluding carboxylic acids is 1. The van der Waals surface area contributed by atoms with E-state index in [1.165, 1.54) is 24.3 Å². The number of nitro groups is 1. The third-order valence-corrected chi connectivity index (χ3v) is 8.49. The summed E-state index contributed by atoms with van der Waals surface area (Å²) in [5.41, 5.74) is 5.16. The highest BCUT2D eigenvalue weighted by atomic mass is 32.1. The molecule has 14 heteroatoms. The molecule has 2 heterocycles. The molecule has 0 fully saturated rings. The van der Waals surface area contributed by atoms with Crippen molar-refractivity contribution >= 4 is 45.5 Å². The summed E-state index contributed by atoms with van der Waals surface area (Å²) < 4.78 is 14.1. The molecule has 0 aliphatic rings. The van der Waals surface area contributed by atoms with Crippen LogP contribution < -0.4 is 25.0 Å². The Morgan fingerprint density at radius 3 is 2.31 bits per heavy atom. The van der Waals surface area contributed by atoms with Crippen LogP contribution in [0.25, 0.3) is 11.0 Å². The number of urea groups is 1. The lowest BCUT2D eigenvalue weighted by Gasteiger charge is -2.15. The number of aromatic amines is 1. The number of nitrogens with zero attached hydrogens (tertiary/aromatic N) is 3. The van der Waals surface area contributed by atoms with Crippen LogP contribution >= 0.6 is 11.3 Å². The molecule has 0 aliphatic heterocycles. The van der Waals surface area contributed by atoms with Gasteiger partial charge in [0.15, 0.2) is 0 Å². The first-order valence-corrected chi connectivity index (χ1v) is 15.5. The van der Waals surface area contributed by atoms with Crippen molar-refractivity contribution in [2.75, 3.05) is 10.6 Å².